The summed E-state index contributed by atoms with van der Waals surface area (Å²) in [5.41, 5.74) is 14.0. The first-order valence-electron chi connectivity index (χ1n) is 4.83. The second kappa shape index (κ2) is 3.06. The topological polar surface area (TPSA) is 65.2 Å². The Morgan fingerprint density at radius 1 is 1.06 bits per heavy atom. The van der Waals surface area contributed by atoms with Crippen molar-refractivity contribution in [2.45, 2.75) is 0 Å². The molecule has 2 aromatic carbocycles. The molecular weight excluding hydrogens is 224 g/mol. The van der Waals surface area contributed by atoms with Crippen LogP contribution in [0.15, 0.2) is 34.7 Å². The first kappa shape index (κ1) is 9.36. The number of rotatable bonds is 0. The van der Waals surface area contributed by atoms with Gasteiger partial charge in [0.2, 0.25) is 0 Å². The maximum absolute atomic E-state index is 6.18. The van der Waals surface area contributed by atoms with Gasteiger partial charge in [-0.3, -0.25) is 0 Å². The van der Waals surface area contributed by atoms with Gasteiger partial charge < -0.3 is 15.9 Å². The predicted octanol–water partition coefficient (Wildman–Crippen LogP) is 3.40. The van der Waals surface area contributed by atoms with Crippen molar-refractivity contribution in [2.75, 3.05) is 11.5 Å². The molecule has 1 aromatic heterocycles. The molecule has 3 nitrogen and oxygen atoms in total. The molecule has 0 atom stereocenters. The Bertz CT molecular complexity index is 703. The Morgan fingerprint density at radius 3 is 2.62 bits per heavy atom. The molecule has 0 saturated heterocycles. The van der Waals surface area contributed by atoms with E-state index in [0.717, 1.165) is 16.4 Å². The van der Waals surface area contributed by atoms with Gasteiger partial charge in [0.25, 0.3) is 0 Å². The lowest BCUT2D eigenvalue weighted by Gasteiger charge is -2.01. The molecule has 80 valence electrons. The number of para-hydroxylation sites is 1. The molecule has 0 amide bonds. The fourth-order valence-electron chi connectivity index (χ4n) is 1.91. The molecule has 0 fully saturated rings. The first-order valence-corrected chi connectivity index (χ1v) is 5.21. The molecule has 0 radical (unpaired) electrons. The third-order valence-electron chi connectivity index (χ3n) is 2.64. The molecule has 0 aliphatic rings. The van der Waals surface area contributed by atoms with Gasteiger partial charge in [-0.15, -0.1) is 0 Å². The third-order valence-corrected chi connectivity index (χ3v) is 3.05. The Balaban J connectivity index is 2.66. The maximum atomic E-state index is 6.18. The lowest BCUT2D eigenvalue weighted by Crippen LogP contribution is -1.91. The predicted molar refractivity (Wildman–Crippen MR) is 67.6 cm³/mol. The van der Waals surface area contributed by atoms with Crippen LogP contribution in [0.3, 0.4) is 0 Å². The van der Waals surface area contributed by atoms with E-state index < -0.39 is 0 Å². The number of furan rings is 1. The molecule has 1 heterocycles. The van der Waals surface area contributed by atoms with E-state index in [4.69, 9.17) is 27.5 Å². The number of hydrogen-bond donors (Lipinski definition) is 2. The molecule has 4 N–H and O–H groups in total. The van der Waals surface area contributed by atoms with Crippen molar-refractivity contribution in [1.82, 2.24) is 0 Å². The third kappa shape index (κ3) is 1.09. The zero-order valence-electron chi connectivity index (χ0n) is 8.33. The van der Waals surface area contributed by atoms with Crippen molar-refractivity contribution in [2.24, 2.45) is 0 Å². The summed E-state index contributed by atoms with van der Waals surface area (Å²) in [6, 6.07) is 9.26. The molecule has 0 aliphatic heterocycles. The average Bonchev–Trinajstić information content (AvgIpc) is 2.66. The minimum atomic E-state index is 0.471. The van der Waals surface area contributed by atoms with E-state index in [1.165, 1.54) is 0 Å². The molecule has 0 saturated carbocycles. The Hall–Kier alpha value is -1.87. The summed E-state index contributed by atoms with van der Waals surface area (Å²) in [6.45, 7) is 0. The lowest BCUT2D eigenvalue weighted by atomic mass is 10.1. The number of nitrogen functional groups attached to an aromatic ring is 2. The van der Waals surface area contributed by atoms with Crippen LogP contribution in [0.1, 0.15) is 0 Å². The maximum Gasteiger partial charge on any atom is 0.159 e. The zero-order valence-corrected chi connectivity index (χ0v) is 9.08. The largest absolute Gasteiger partial charge is 0.454 e. The van der Waals surface area contributed by atoms with Gasteiger partial charge in [-0.1, -0.05) is 29.8 Å². The molecule has 16 heavy (non-hydrogen) atoms. The summed E-state index contributed by atoms with van der Waals surface area (Å²) in [7, 11) is 0. The summed E-state index contributed by atoms with van der Waals surface area (Å²) in [4.78, 5) is 0. The zero-order chi connectivity index (χ0) is 11.3. The number of anilines is 2. The highest BCUT2D eigenvalue weighted by atomic mass is 35.5. The summed E-state index contributed by atoms with van der Waals surface area (Å²) in [5.74, 6) is 0. The molecule has 3 aromatic rings. The van der Waals surface area contributed by atoms with Crippen molar-refractivity contribution in [1.29, 1.82) is 0 Å². The van der Waals surface area contributed by atoms with Crippen molar-refractivity contribution in [3.8, 4) is 0 Å². The van der Waals surface area contributed by atoms with E-state index in [1.54, 1.807) is 6.07 Å². The molecule has 0 bridgehead atoms. The van der Waals surface area contributed by atoms with Crippen LogP contribution in [0.2, 0.25) is 5.02 Å². The molecule has 0 aliphatic carbocycles. The summed E-state index contributed by atoms with van der Waals surface area (Å²) < 4.78 is 5.65. The number of nitrogens with two attached hydrogens (primary N) is 2. The van der Waals surface area contributed by atoms with Crippen LogP contribution in [0.25, 0.3) is 21.9 Å². The quantitative estimate of drug-likeness (QED) is 0.584. The smallest absolute Gasteiger partial charge is 0.159 e. The van der Waals surface area contributed by atoms with Crippen LogP contribution >= 0.6 is 11.6 Å². The van der Waals surface area contributed by atoms with E-state index in [2.05, 4.69) is 0 Å². The highest BCUT2D eigenvalue weighted by Gasteiger charge is 2.14. The van der Waals surface area contributed by atoms with Gasteiger partial charge in [-0.25, -0.2) is 0 Å². The highest BCUT2D eigenvalue weighted by Crippen LogP contribution is 2.40. The molecule has 4 heteroatoms. The average molecular weight is 233 g/mol. The van der Waals surface area contributed by atoms with Crippen molar-refractivity contribution < 1.29 is 4.42 Å². The minimum Gasteiger partial charge on any atom is -0.454 e. The first-order chi connectivity index (χ1) is 7.68. The SMILES string of the molecule is Nc1cc(N)c2oc3ccccc3c2c1Cl. The Kier molecular flexibility index (Phi) is 1.79. The van der Waals surface area contributed by atoms with Crippen LogP contribution < -0.4 is 11.5 Å². The highest BCUT2D eigenvalue weighted by molar-refractivity contribution is 6.40. The van der Waals surface area contributed by atoms with Crippen LogP contribution in [-0.4, -0.2) is 0 Å². The van der Waals surface area contributed by atoms with Crippen molar-refractivity contribution in [3.05, 3.63) is 35.4 Å². The number of hydrogen-bond acceptors (Lipinski definition) is 3. The summed E-state index contributed by atoms with van der Waals surface area (Å²) >= 11 is 6.18. The van der Waals surface area contributed by atoms with E-state index in [1.807, 2.05) is 24.3 Å². The van der Waals surface area contributed by atoms with Crippen LogP contribution in [0, 0.1) is 0 Å². The fraction of sp³-hybridized carbons (Fsp3) is 0. The number of halogens is 1. The summed E-state index contributed by atoms with van der Waals surface area (Å²) in [6.07, 6.45) is 0. The van der Waals surface area contributed by atoms with E-state index >= 15 is 0 Å². The molecule has 0 unspecified atom stereocenters. The molecule has 0 spiro atoms. The second-order valence-electron chi connectivity index (χ2n) is 3.67. The normalized spacial score (nSPS) is 11.3. The van der Waals surface area contributed by atoms with Crippen molar-refractivity contribution in [3.63, 3.8) is 0 Å². The Morgan fingerprint density at radius 2 is 1.81 bits per heavy atom. The van der Waals surface area contributed by atoms with Gasteiger partial charge >= 0.3 is 0 Å². The van der Waals surface area contributed by atoms with Gasteiger partial charge in [-0.2, -0.15) is 0 Å². The minimum absolute atomic E-state index is 0.471. The van der Waals surface area contributed by atoms with Crippen molar-refractivity contribution >= 4 is 44.9 Å². The standard InChI is InChI=1S/C12H9ClN2O/c13-11-7(14)5-8(15)12-10(11)6-3-1-2-4-9(6)16-12/h1-5H,14-15H2. The van der Waals surface area contributed by atoms with Gasteiger partial charge in [0.15, 0.2) is 5.58 Å². The van der Waals surface area contributed by atoms with Crippen LogP contribution in [0.4, 0.5) is 11.4 Å². The van der Waals surface area contributed by atoms with E-state index in [9.17, 15) is 0 Å². The second-order valence-corrected chi connectivity index (χ2v) is 4.05. The van der Waals surface area contributed by atoms with Gasteiger partial charge in [0.1, 0.15) is 5.58 Å². The Labute approximate surface area is 96.6 Å². The molecule has 3 rings (SSSR count). The summed E-state index contributed by atoms with van der Waals surface area (Å²) in [5, 5.41) is 2.21. The number of benzene rings is 2. The van der Waals surface area contributed by atoms with E-state index in [0.29, 0.717) is 22.0 Å². The fourth-order valence-corrected chi connectivity index (χ4v) is 2.15. The van der Waals surface area contributed by atoms with Gasteiger partial charge in [0.05, 0.1) is 21.8 Å². The lowest BCUT2D eigenvalue weighted by molar-refractivity contribution is 0.670. The number of fused-ring (bicyclic) bond motifs is 3. The van der Waals surface area contributed by atoms with Crippen LogP contribution in [-0.2, 0) is 0 Å². The van der Waals surface area contributed by atoms with E-state index in [-0.39, 0.29) is 0 Å². The molecular formula is C12H9ClN2O. The van der Waals surface area contributed by atoms with Gasteiger partial charge in [-0.05, 0) is 12.1 Å². The monoisotopic (exact) mass is 232 g/mol. The van der Waals surface area contributed by atoms with Gasteiger partial charge in [0, 0.05) is 5.39 Å². The van der Waals surface area contributed by atoms with Crippen LogP contribution in [0.5, 0.6) is 0 Å².